The van der Waals surface area contributed by atoms with Crippen LogP contribution >= 0.6 is 0 Å². The van der Waals surface area contributed by atoms with Gasteiger partial charge in [-0.1, -0.05) is 30.3 Å². The summed E-state index contributed by atoms with van der Waals surface area (Å²) in [7, 11) is 0. The van der Waals surface area contributed by atoms with Crippen LogP contribution in [-0.2, 0) is 0 Å². The minimum atomic E-state index is 0.156. The van der Waals surface area contributed by atoms with Crippen molar-refractivity contribution in [1.82, 2.24) is 20.1 Å². The Kier molecular flexibility index (Phi) is 5.07. The zero-order chi connectivity index (χ0) is 18.6. The lowest BCUT2D eigenvalue weighted by molar-refractivity contribution is 0.343. The van der Waals surface area contributed by atoms with Gasteiger partial charge in [-0.2, -0.15) is 5.10 Å². The molecule has 1 saturated heterocycles. The Balaban J connectivity index is 1.49. The molecule has 4 N–H and O–H groups in total. The number of hydrogen-bond donors (Lipinski definition) is 3. The highest BCUT2D eigenvalue weighted by Crippen LogP contribution is 2.27. The first-order valence-electron chi connectivity index (χ1n) is 9.54. The Hall–Kier alpha value is -2.86. The molecule has 1 unspecified atom stereocenters. The van der Waals surface area contributed by atoms with Crippen LogP contribution in [0.15, 0.2) is 54.9 Å². The predicted molar refractivity (Wildman–Crippen MR) is 109 cm³/mol. The second-order valence-corrected chi connectivity index (χ2v) is 7.10. The van der Waals surface area contributed by atoms with E-state index in [2.05, 4.69) is 50.7 Å². The molecule has 1 aliphatic rings. The van der Waals surface area contributed by atoms with Crippen LogP contribution in [0.25, 0.3) is 11.3 Å². The Bertz CT molecular complexity index is 883. The molecule has 4 rings (SSSR count). The van der Waals surface area contributed by atoms with Crippen molar-refractivity contribution in [3.63, 3.8) is 0 Å². The van der Waals surface area contributed by atoms with E-state index in [0.29, 0.717) is 11.9 Å². The van der Waals surface area contributed by atoms with E-state index in [4.69, 9.17) is 5.73 Å². The quantitative estimate of drug-likeness (QED) is 0.646. The van der Waals surface area contributed by atoms with Gasteiger partial charge in [0.25, 0.3) is 0 Å². The molecule has 27 heavy (non-hydrogen) atoms. The summed E-state index contributed by atoms with van der Waals surface area (Å²) in [6.45, 7) is 4.21. The monoisotopic (exact) mass is 362 g/mol. The van der Waals surface area contributed by atoms with Crippen molar-refractivity contribution < 1.29 is 0 Å². The Labute approximate surface area is 159 Å². The van der Waals surface area contributed by atoms with E-state index in [0.717, 1.165) is 42.9 Å². The van der Waals surface area contributed by atoms with E-state index in [1.54, 1.807) is 0 Å². The number of nitrogens with two attached hydrogens (primary N) is 1. The van der Waals surface area contributed by atoms with E-state index >= 15 is 0 Å². The first-order valence-corrected chi connectivity index (χ1v) is 9.54. The van der Waals surface area contributed by atoms with Crippen LogP contribution in [0.3, 0.4) is 0 Å². The summed E-state index contributed by atoms with van der Waals surface area (Å²) in [6.07, 6.45) is 6.18. The van der Waals surface area contributed by atoms with Gasteiger partial charge in [0, 0.05) is 17.8 Å². The van der Waals surface area contributed by atoms with Crippen LogP contribution in [-0.4, -0.2) is 27.9 Å². The number of nitrogens with one attached hydrogen (secondary N) is 2. The second-order valence-electron chi connectivity index (χ2n) is 7.10. The Morgan fingerprint density at radius 2 is 1.93 bits per heavy atom. The summed E-state index contributed by atoms with van der Waals surface area (Å²) in [5.41, 5.74) is 10.1. The molecule has 0 saturated carbocycles. The molecule has 0 radical (unpaired) electrons. The summed E-state index contributed by atoms with van der Waals surface area (Å²) >= 11 is 0. The van der Waals surface area contributed by atoms with Crippen LogP contribution in [0, 0.1) is 0 Å². The van der Waals surface area contributed by atoms with Gasteiger partial charge in [-0.3, -0.25) is 4.68 Å². The normalized spacial score (nSPS) is 16.2. The maximum atomic E-state index is 6.23. The number of benzene rings is 1. The number of nitrogen functional groups attached to an aromatic ring is 1. The largest absolute Gasteiger partial charge is 0.382 e. The number of anilines is 2. The van der Waals surface area contributed by atoms with Gasteiger partial charge in [-0.15, -0.1) is 0 Å². The van der Waals surface area contributed by atoms with Crippen molar-refractivity contribution in [2.45, 2.75) is 31.8 Å². The predicted octanol–water partition coefficient (Wildman–Crippen LogP) is 3.62. The first kappa shape index (κ1) is 17.5. The maximum absolute atomic E-state index is 6.23. The highest BCUT2D eigenvalue weighted by atomic mass is 15.3. The number of piperidine rings is 1. The van der Waals surface area contributed by atoms with Crippen LogP contribution < -0.4 is 16.4 Å². The third kappa shape index (κ3) is 3.95. The molecule has 2 aromatic heterocycles. The lowest BCUT2D eigenvalue weighted by atomic mass is 10.1. The first-order chi connectivity index (χ1) is 13.2. The minimum absolute atomic E-state index is 0.156. The molecule has 0 spiro atoms. The Morgan fingerprint density at radius 1 is 1.15 bits per heavy atom. The molecular formula is C21H26N6. The summed E-state index contributed by atoms with van der Waals surface area (Å²) in [5, 5.41) is 11.4. The molecule has 1 aromatic carbocycles. The molecule has 1 fully saturated rings. The highest BCUT2D eigenvalue weighted by Gasteiger charge is 2.17. The van der Waals surface area contributed by atoms with Gasteiger partial charge >= 0.3 is 0 Å². The van der Waals surface area contributed by atoms with Crippen molar-refractivity contribution in [2.75, 3.05) is 24.1 Å². The standard InChI is InChI=1S/C21H26N6/c1-15(16-5-3-2-4-6-16)25-20-8-7-19(26-21(20)22)17-13-24-27(14-17)18-9-11-23-12-10-18/h2-8,13-15,18,23,25H,9-12H2,1H3,(H2,22,26). The van der Waals surface area contributed by atoms with E-state index < -0.39 is 0 Å². The average Bonchev–Trinajstić information content (AvgIpc) is 3.21. The van der Waals surface area contributed by atoms with Crippen molar-refractivity contribution >= 4 is 11.5 Å². The second kappa shape index (κ2) is 7.80. The molecule has 1 aliphatic heterocycles. The lowest BCUT2D eigenvalue weighted by Gasteiger charge is -2.22. The third-order valence-corrected chi connectivity index (χ3v) is 5.18. The molecular weight excluding hydrogens is 336 g/mol. The lowest BCUT2D eigenvalue weighted by Crippen LogP contribution is -2.29. The number of nitrogens with zero attached hydrogens (tertiary/aromatic N) is 3. The van der Waals surface area contributed by atoms with E-state index in [9.17, 15) is 0 Å². The van der Waals surface area contributed by atoms with Gasteiger partial charge in [0.05, 0.1) is 23.6 Å². The molecule has 1 atom stereocenters. The number of aromatic nitrogens is 3. The summed E-state index contributed by atoms with van der Waals surface area (Å²) < 4.78 is 2.07. The number of hydrogen-bond acceptors (Lipinski definition) is 5. The van der Waals surface area contributed by atoms with Crippen LogP contribution in [0.4, 0.5) is 11.5 Å². The van der Waals surface area contributed by atoms with Gasteiger partial charge in [0.2, 0.25) is 0 Å². The molecule has 140 valence electrons. The fraction of sp³-hybridized carbons (Fsp3) is 0.333. The van der Waals surface area contributed by atoms with Crippen molar-refractivity contribution in [1.29, 1.82) is 0 Å². The smallest absolute Gasteiger partial charge is 0.147 e. The molecule has 3 heterocycles. The molecule has 6 nitrogen and oxygen atoms in total. The number of rotatable bonds is 5. The van der Waals surface area contributed by atoms with Crippen molar-refractivity contribution in [2.24, 2.45) is 0 Å². The maximum Gasteiger partial charge on any atom is 0.147 e. The number of pyridine rings is 1. The van der Waals surface area contributed by atoms with Gasteiger partial charge in [0.15, 0.2) is 0 Å². The molecule has 6 heteroatoms. The van der Waals surface area contributed by atoms with E-state index in [1.807, 2.05) is 36.5 Å². The fourth-order valence-electron chi connectivity index (χ4n) is 3.56. The van der Waals surface area contributed by atoms with Crippen LogP contribution in [0.5, 0.6) is 0 Å². The SMILES string of the molecule is CC(Nc1ccc(-c2cnn(C3CCNCC3)c2)nc1N)c1ccccc1. The minimum Gasteiger partial charge on any atom is -0.382 e. The summed E-state index contributed by atoms with van der Waals surface area (Å²) in [6, 6.07) is 14.9. The molecule has 0 aliphatic carbocycles. The molecule has 3 aromatic rings. The van der Waals surface area contributed by atoms with Crippen molar-refractivity contribution in [3.05, 3.63) is 60.4 Å². The molecule has 0 amide bonds. The Morgan fingerprint density at radius 3 is 2.67 bits per heavy atom. The average molecular weight is 362 g/mol. The molecule has 0 bridgehead atoms. The summed E-state index contributed by atoms with van der Waals surface area (Å²) in [5.74, 6) is 0.505. The van der Waals surface area contributed by atoms with Crippen LogP contribution in [0.1, 0.15) is 37.4 Å². The van der Waals surface area contributed by atoms with Gasteiger partial charge in [0.1, 0.15) is 5.82 Å². The van der Waals surface area contributed by atoms with E-state index in [-0.39, 0.29) is 6.04 Å². The van der Waals surface area contributed by atoms with Crippen molar-refractivity contribution in [3.8, 4) is 11.3 Å². The zero-order valence-corrected chi connectivity index (χ0v) is 15.6. The van der Waals surface area contributed by atoms with Gasteiger partial charge in [-0.25, -0.2) is 4.98 Å². The topological polar surface area (TPSA) is 80.8 Å². The highest BCUT2D eigenvalue weighted by molar-refractivity contribution is 5.69. The van der Waals surface area contributed by atoms with E-state index in [1.165, 1.54) is 5.56 Å². The zero-order valence-electron chi connectivity index (χ0n) is 15.6. The van der Waals surface area contributed by atoms with Gasteiger partial charge in [-0.05, 0) is 50.6 Å². The van der Waals surface area contributed by atoms with Crippen LogP contribution in [0.2, 0.25) is 0 Å². The fourth-order valence-corrected chi connectivity index (χ4v) is 3.56. The third-order valence-electron chi connectivity index (χ3n) is 5.18. The summed E-state index contributed by atoms with van der Waals surface area (Å²) in [4.78, 5) is 4.60. The van der Waals surface area contributed by atoms with Gasteiger partial charge < -0.3 is 16.4 Å².